The predicted octanol–water partition coefficient (Wildman–Crippen LogP) is 2.00. The molecule has 2 aliphatic heterocycles. The zero-order chi connectivity index (χ0) is 17.6. The third-order valence-electron chi connectivity index (χ3n) is 4.21. The van der Waals surface area contributed by atoms with Crippen molar-refractivity contribution < 1.29 is 9.59 Å². The van der Waals surface area contributed by atoms with Gasteiger partial charge in [-0.1, -0.05) is 36.4 Å². The fraction of sp³-hybridized carbons (Fsp3) is 0.111. The summed E-state index contributed by atoms with van der Waals surface area (Å²) >= 11 is 5.42. The van der Waals surface area contributed by atoms with Crippen LogP contribution >= 0.6 is 12.2 Å². The van der Waals surface area contributed by atoms with E-state index in [1.165, 1.54) is 9.91 Å². The maximum Gasteiger partial charge on any atom is 0.279 e. The summed E-state index contributed by atoms with van der Waals surface area (Å²) in [4.78, 5) is 27.9. The smallest absolute Gasteiger partial charge is 0.279 e. The highest BCUT2D eigenvalue weighted by Crippen LogP contribution is 2.29. The van der Waals surface area contributed by atoms with Crippen molar-refractivity contribution in [1.82, 2.24) is 5.01 Å². The van der Waals surface area contributed by atoms with Crippen LogP contribution in [0.1, 0.15) is 5.56 Å². The normalized spacial score (nSPS) is 18.5. The van der Waals surface area contributed by atoms with Crippen LogP contribution in [0.25, 0.3) is 0 Å². The minimum atomic E-state index is -0.213. The van der Waals surface area contributed by atoms with Crippen molar-refractivity contribution in [3.8, 4) is 0 Å². The Balaban J connectivity index is 1.70. The first-order chi connectivity index (χ1) is 12.1. The fourth-order valence-electron chi connectivity index (χ4n) is 2.97. The molecule has 25 heavy (non-hydrogen) atoms. The lowest BCUT2D eigenvalue weighted by molar-refractivity contribution is -0.116. The highest BCUT2D eigenvalue weighted by Gasteiger charge is 2.37. The van der Waals surface area contributed by atoms with Crippen molar-refractivity contribution >= 4 is 46.2 Å². The molecule has 0 N–H and O–H groups in total. The Morgan fingerprint density at radius 1 is 1.00 bits per heavy atom. The van der Waals surface area contributed by atoms with Gasteiger partial charge in [-0.25, -0.2) is 5.01 Å². The number of hydrazone groups is 1. The third-order valence-corrected chi connectivity index (χ3v) is 4.60. The second-order valence-corrected chi connectivity index (χ2v) is 6.10. The average molecular weight is 350 g/mol. The topological polar surface area (TPSA) is 56.2 Å². The molecule has 124 valence electrons. The summed E-state index contributed by atoms with van der Waals surface area (Å²) in [5, 5.41) is 6.09. The first kappa shape index (κ1) is 15.5. The first-order valence-corrected chi connectivity index (χ1v) is 8.14. The van der Waals surface area contributed by atoms with Crippen molar-refractivity contribution in [3.05, 3.63) is 60.2 Å². The van der Waals surface area contributed by atoms with Gasteiger partial charge >= 0.3 is 0 Å². The molecular weight excluding hydrogens is 336 g/mol. The number of benzene rings is 2. The number of rotatable bonds is 2. The Morgan fingerprint density at radius 2 is 1.68 bits per heavy atom. The number of likely N-dealkylation sites (N-methyl/N-ethyl adjacent to an activating group) is 1. The van der Waals surface area contributed by atoms with Gasteiger partial charge in [0.05, 0.1) is 11.4 Å². The molecule has 0 atom stereocenters. The lowest BCUT2D eigenvalue weighted by Gasteiger charge is -2.17. The number of anilines is 2. The van der Waals surface area contributed by atoms with Crippen molar-refractivity contribution in [2.75, 3.05) is 23.4 Å². The molecule has 0 bridgehead atoms. The Labute approximate surface area is 149 Å². The van der Waals surface area contributed by atoms with Crippen LogP contribution in [0.15, 0.2) is 59.7 Å². The average Bonchev–Trinajstić information content (AvgIpc) is 3.04. The number of amides is 2. The van der Waals surface area contributed by atoms with E-state index in [0.717, 1.165) is 11.3 Å². The van der Waals surface area contributed by atoms with Crippen molar-refractivity contribution in [1.29, 1.82) is 0 Å². The van der Waals surface area contributed by atoms with Crippen LogP contribution in [0.3, 0.4) is 0 Å². The maximum atomic E-state index is 12.5. The van der Waals surface area contributed by atoms with Gasteiger partial charge in [-0.05, 0) is 30.4 Å². The third kappa shape index (κ3) is 2.40. The molecule has 2 heterocycles. The number of thiocarbonyl (C=S) groups is 1. The Kier molecular flexibility index (Phi) is 3.58. The van der Waals surface area contributed by atoms with Crippen molar-refractivity contribution in [2.45, 2.75) is 0 Å². The lowest BCUT2D eigenvalue weighted by atomic mass is 10.1. The molecule has 2 aromatic rings. The van der Waals surface area contributed by atoms with Crippen LogP contribution in [0, 0.1) is 0 Å². The summed E-state index contributed by atoms with van der Waals surface area (Å²) in [5.74, 6) is -0.387. The van der Waals surface area contributed by atoms with E-state index in [9.17, 15) is 9.59 Å². The largest absolute Gasteiger partial charge is 0.309 e. The number of hydrogen-bond donors (Lipinski definition) is 0. The molecule has 1 fully saturated rings. The highest BCUT2D eigenvalue weighted by atomic mass is 32.1. The quantitative estimate of drug-likeness (QED) is 0.778. The van der Waals surface area contributed by atoms with E-state index in [4.69, 9.17) is 12.2 Å². The van der Waals surface area contributed by atoms with Crippen molar-refractivity contribution in [2.24, 2.45) is 5.10 Å². The number of carbonyl (C=O) groups is 2. The Morgan fingerprint density at radius 3 is 2.44 bits per heavy atom. The number of hydrogen-bond acceptors (Lipinski definition) is 4. The summed E-state index contributed by atoms with van der Waals surface area (Å²) in [7, 11) is 1.70. The SMILES string of the molecule is CN1C(=O)/C(=N\N2CC(=O)N(c3ccccc3)C2=S)c2ccccc21. The molecule has 7 heteroatoms. The molecule has 0 aliphatic carbocycles. The van der Waals surface area contributed by atoms with E-state index < -0.39 is 0 Å². The van der Waals surface area contributed by atoms with Gasteiger partial charge in [-0.15, -0.1) is 0 Å². The molecule has 2 amide bonds. The molecule has 2 aliphatic rings. The van der Waals surface area contributed by atoms with E-state index in [1.54, 1.807) is 11.9 Å². The van der Waals surface area contributed by atoms with Gasteiger partial charge in [0.2, 0.25) is 5.11 Å². The monoisotopic (exact) mass is 350 g/mol. The Bertz CT molecular complexity index is 926. The molecule has 0 unspecified atom stereocenters. The standard InChI is InChI=1S/C18H14N4O2S/c1-20-14-10-6-5-9-13(14)16(17(20)24)19-21-11-15(23)22(18(21)25)12-7-3-2-4-8-12/h2-10H,11H2,1H3/b19-16-. The van der Waals surface area contributed by atoms with Gasteiger partial charge in [-0.2, -0.15) is 5.10 Å². The lowest BCUT2D eigenvalue weighted by Crippen LogP contribution is -2.32. The minimum absolute atomic E-state index is 0.0103. The summed E-state index contributed by atoms with van der Waals surface area (Å²) in [6.07, 6.45) is 0. The van der Waals surface area contributed by atoms with Gasteiger partial charge in [0.25, 0.3) is 11.8 Å². The van der Waals surface area contributed by atoms with Crippen LogP contribution in [0.5, 0.6) is 0 Å². The number of para-hydroxylation sites is 2. The van der Waals surface area contributed by atoms with Gasteiger partial charge in [0, 0.05) is 12.6 Å². The molecule has 0 spiro atoms. The summed E-state index contributed by atoms with van der Waals surface area (Å²) < 4.78 is 0. The molecule has 4 rings (SSSR count). The molecular formula is C18H14N4O2S. The predicted molar refractivity (Wildman–Crippen MR) is 99.6 cm³/mol. The molecule has 1 saturated heterocycles. The maximum absolute atomic E-state index is 12.5. The van der Waals surface area contributed by atoms with E-state index in [2.05, 4.69) is 5.10 Å². The second-order valence-electron chi connectivity index (χ2n) is 5.73. The van der Waals surface area contributed by atoms with Gasteiger partial charge < -0.3 is 4.90 Å². The van der Waals surface area contributed by atoms with E-state index in [0.29, 0.717) is 11.4 Å². The highest BCUT2D eigenvalue weighted by molar-refractivity contribution is 7.80. The number of fused-ring (bicyclic) bond motifs is 1. The van der Waals surface area contributed by atoms with E-state index >= 15 is 0 Å². The molecule has 6 nitrogen and oxygen atoms in total. The number of carbonyl (C=O) groups excluding carboxylic acids is 2. The van der Waals surface area contributed by atoms with Gasteiger partial charge in [0.15, 0.2) is 5.71 Å². The summed E-state index contributed by atoms with van der Waals surface area (Å²) in [6, 6.07) is 16.6. The van der Waals surface area contributed by atoms with Crippen LogP contribution in [-0.4, -0.2) is 41.2 Å². The van der Waals surface area contributed by atoms with Crippen molar-refractivity contribution in [3.63, 3.8) is 0 Å². The fourth-order valence-corrected chi connectivity index (χ4v) is 3.28. The zero-order valence-corrected chi connectivity index (χ0v) is 14.2. The molecule has 0 saturated carbocycles. The molecule has 2 aromatic carbocycles. The zero-order valence-electron chi connectivity index (χ0n) is 13.4. The minimum Gasteiger partial charge on any atom is -0.309 e. The first-order valence-electron chi connectivity index (χ1n) is 7.73. The van der Waals surface area contributed by atoms with Crippen LogP contribution in [0.4, 0.5) is 11.4 Å². The molecule has 0 radical (unpaired) electrons. The summed E-state index contributed by atoms with van der Waals surface area (Å²) in [6.45, 7) is 0.0103. The van der Waals surface area contributed by atoms with Gasteiger partial charge in [-0.3, -0.25) is 14.5 Å². The van der Waals surface area contributed by atoms with Gasteiger partial charge in [0.1, 0.15) is 6.54 Å². The summed E-state index contributed by atoms with van der Waals surface area (Å²) in [5.41, 5.74) is 2.52. The van der Waals surface area contributed by atoms with Crippen LogP contribution in [0.2, 0.25) is 0 Å². The Hall–Kier alpha value is -3.06. The second kappa shape index (κ2) is 5.78. The number of nitrogens with zero attached hydrogens (tertiary/aromatic N) is 4. The van der Waals surface area contributed by atoms with Crippen LogP contribution in [-0.2, 0) is 9.59 Å². The van der Waals surface area contributed by atoms with E-state index in [1.807, 2.05) is 54.6 Å². The molecule has 0 aromatic heterocycles. The van der Waals surface area contributed by atoms with E-state index in [-0.39, 0.29) is 23.5 Å². The van der Waals surface area contributed by atoms with Crippen LogP contribution < -0.4 is 9.80 Å².